The van der Waals surface area contributed by atoms with Gasteiger partial charge in [-0.1, -0.05) is 13.0 Å². The summed E-state index contributed by atoms with van der Waals surface area (Å²) in [5, 5.41) is 13.2. The zero-order chi connectivity index (χ0) is 18.9. The summed E-state index contributed by atoms with van der Waals surface area (Å²) in [6.07, 6.45) is 2.50. The number of aromatic nitrogens is 2. The van der Waals surface area contributed by atoms with E-state index >= 15 is 0 Å². The molecule has 0 aliphatic carbocycles. The van der Waals surface area contributed by atoms with E-state index in [1.165, 1.54) is 10.9 Å². The van der Waals surface area contributed by atoms with E-state index in [9.17, 15) is 4.79 Å². The van der Waals surface area contributed by atoms with Crippen molar-refractivity contribution in [3.63, 3.8) is 0 Å². The first-order chi connectivity index (χ1) is 12.3. The molecule has 1 aromatic heterocycles. The molecule has 0 radical (unpaired) electrons. The van der Waals surface area contributed by atoms with E-state index in [1.54, 1.807) is 18.2 Å². The molecule has 7 heteroatoms. The monoisotopic (exact) mass is 352 g/mol. The van der Waals surface area contributed by atoms with Crippen molar-refractivity contribution in [3.8, 4) is 11.8 Å². The second kappa shape index (κ2) is 6.81. The van der Waals surface area contributed by atoms with Crippen LogP contribution in [-0.4, -0.2) is 59.2 Å². The summed E-state index contributed by atoms with van der Waals surface area (Å²) >= 11 is 0. The zero-order valence-corrected chi connectivity index (χ0v) is 15.4. The molecule has 0 bridgehead atoms. The summed E-state index contributed by atoms with van der Waals surface area (Å²) in [5.74, 6) is 0.290. The molecule has 0 unspecified atom stereocenters. The van der Waals surface area contributed by atoms with Crippen molar-refractivity contribution in [1.82, 2.24) is 19.6 Å². The van der Waals surface area contributed by atoms with Crippen molar-refractivity contribution < 1.29 is 4.79 Å². The number of nitriles is 1. The van der Waals surface area contributed by atoms with Crippen LogP contribution in [0.4, 0.5) is 5.82 Å². The first-order valence-electron chi connectivity index (χ1n) is 8.61. The average molecular weight is 352 g/mol. The molecule has 1 aliphatic heterocycles. The van der Waals surface area contributed by atoms with Crippen LogP contribution < -0.4 is 5.73 Å². The van der Waals surface area contributed by atoms with Crippen molar-refractivity contribution in [1.29, 1.82) is 5.26 Å². The molecule has 1 saturated heterocycles. The van der Waals surface area contributed by atoms with Gasteiger partial charge in [-0.05, 0) is 45.3 Å². The summed E-state index contributed by atoms with van der Waals surface area (Å²) in [6, 6.07) is 9.19. The Morgan fingerprint density at radius 3 is 2.77 bits per heavy atom. The quantitative estimate of drug-likeness (QED) is 0.885. The molecule has 0 saturated carbocycles. The smallest absolute Gasteiger partial charge is 0.253 e. The van der Waals surface area contributed by atoms with Gasteiger partial charge in [-0.25, -0.2) is 4.68 Å². The lowest BCUT2D eigenvalue weighted by molar-refractivity contribution is 0.00809. The Labute approximate surface area is 153 Å². The van der Waals surface area contributed by atoms with Crippen LogP contribution in [0, 0.1) is 16.7 Å². The number of nitrogen functional groups attached to an aromatic ring is 1. The van der Waals surface area contributed by atoms with Gasteiger partial charge in [-0.3, -0.25) is 4.79 Å². The van der Waals surface area contributed by atoms with Crippen LogP contribution in [0.25, 0.3) is 5.69 Å². The maximum Gasteiger partial charge on any atom is 0.253 e. The summed E-state index contributed by atoms with van der Waals surface area (Å²) in [4.78, 5) is 16.8. The first-order valence-corrected chi connectivity index (χ1v) is 8.61. The number of amides is 1. The molecule has 1 fully saturated rings. The average Bonchev–Trinajstić information content (AvgIpc) is 2.97. The highest BCUT2D eigenvalue weighted by Crippen LogP contribution is 2.34. The number of hydrogen-bond acceptors (Lipinski definition) is 5. The Kier molecular flexibility index (Phi) is 4.70. The second-order valence-corrected chi connectivity index (χ2v) is 7.54. The Morgan fingerprint density at radius 1 is 1.42 bits per heavy atom. The molecular weight excluding hydrogens is 328 g/mol. The highest BCUT2D eigenvalue weighted by Gasteiger charge is 2.41. The molecule has 0 spiro atoms. The van der Waals surface area contributed by atoms with Crippen LogP contribution in [0.1, 0.15) is 29.3 Å². The highest BCUT2D eigenvalue weighted by molar-refractivity contribution is 5.95. The molecular formula is C19H24N6O. The van der Waals surface area contributed by atoms with Crippen molar-refractivity contribution in [2.24, 2.45) is 5.41 Å². The van der Waals surface area contributed by atoms with Gasteiger partial charge >= 0.3 is 0 Å². The Balaban J connectivity index is 1.72. The van der Waals surface area contributed by atoms with E-state index in [-0.39, 0.29) is 17.1 Å². The standard InChI is InChI=1S/C19H24N6O/c1-19(7-8-23(2)3)12-24(13-19)18(26)14-5-4-6-16(9-14)25-17(21)15(10-20)11-22-25/h4-6,9,11H,7-8,12-13,21H2,1-3H3. The SMILES string of the molecule is CN(C)CCC1(C)CN(C(=O)c2cccc(-n3ncc(C#N)c3N)c2)C1. The molecule has 26 heavy (non-hydrogen) atoms. The van der Waals surface area contributed by atoms with E-state index in [1.807, 2.05) is 17.0 Å². The van der Waals surface area contributed by atoms with E-state index < -0.39 is 0 Å². The number of benzene rings is 1. The lowest BCUT2D eigenvalue weighted by Gasteiger charge is -2.48. The minimum absolute atomic E-state index is 0.0143. The predicted octanol–water partition coefficient (Wildman–Crippen LogP) is 1.74. The predicted molar refractivity (Wildman–Crippen MR) is 99.9 cm³/mol. The maximum absolute atomic E-state index is 12.8. The van der Waals surface area contributed by atoms with Crippen LogP contribution in [-0.2, 0) is 0 Å². The largest absolute Gasteiger partial charge is 0.382 e. The van der Waals surface area contributed by atoms with Gasteiger partial charge in [0.05, 0.1) is 11.9 Å². The maximum atomic E-state index is 12.8. The lowest BCUT2D eigenvalue weighted by Crippen LogP contribution is -2.57. The number of carbonyl (C=O) groups excluding carboxylic acids is 1. The topological polar surface area (TPSA) is 91.2 Å². The van der Waals surface area contributed by atoms with Gasteiger partial charge in [0.25, 0.3) is 5.91 Å². The minimum Gasteiger partial charge on any atom is -0.382 e. The third-order valence-corrected chi connectivity index (χ3v) is 4.86. The number of nitrogens with zero attached hydrogens (tertiary/aromatic N) is 5. The van der Waals surface area contributed by atoms with Crippen LogP contribution >= 0.6 is 0 Å². The molecule has 0 atom stereocenters. The molecule has 1 aliphatic rings. The van der Waals surface area contributed by atoms with Gasteiger partial charge in [0.15, 0.2) is 0 Å². The molecule has 3 rings (SSSR count). The fourth-order valence-electron chi connectivity index (χ4n) is 3.27. The fraction of sp³-hybridized carbons (Fsp3) is 0.421. The number of hydrogen-bond donors (Lipinski definition) is 1. The Morgan fingerprint density at radius 2 is 2.15 bits per heavy atom. The van der Waals surface area contributed by atoms with Gasteiger partial charge in [-0.15, -0.1) is 0 Å². The Bertz CT molecular complexity index is 857. The minimum atomic E-state index is 0.0143. The number of likely N-dealkylation sites (tertiary alicyclic amines) is 1. The van der Waals surface area contributed by atoms with Gasteiger partial charge < -0.3 is 15.5 Å². The Hall–Kier alpha value is -2.85. The summed E-state index contributed by atoms with van der Waals surface area (Å²) < 4.78 is 1.48. The van der Waals surface area contributed by atoms with E-state index in [2.05, 4.69) is 31.0 Å². The van der Waals surface area contributed by atoms with E-state index in [0.717, 1.165) is 26.1 Å². The van der Waals surface area contributed by atoms with E-state index in [4.69, 9.17) is 11.0 Å². The molecule has 1 amide bonds. The molecule has 7 nitrogen and oxygen atoms in total. The third kappa shape index (κ3) is 3.41. The number of anilines is 1. The highest BCUT2D eigenvalue weighted by atomic mass is 16.2. The van der Waals surface area contributed by atoms with Gasteiger partial charge in [0.2, 0.25) is 0 Å². The normalized spacial score (nSPS) is 15.6. The van der Waals surface area contributed by atoms with Crippen LogP contribution in [0.15, 0.2) is 30.5 Å². The van der Waals surface area contributed by atoms with Crippen LogP contribution in [0.2, 0.25) is 0 Å². The molecule has 2 aromatic rings. The van der Waals surface area contributed by atoms with Crippen molar-refractivity contribution in [2.45, 2.75) is 13.3 Å². The van der Waals surface area contributed by atoms with Crippen molar-refractivity contribution in [2.75, 3.05) is 39.5 Å². The van der Waals surface area contributed by atoms with Crippen LogP contribution in [0.5, 0.6) is 0 Å². The summed E-state index contributed by atoms with van der Waals surface area (Å²) in [7, 11) is 4.13. The van der Waals surface area contributed by atoms with Crippen LogP contribution in [0.3, 0.4) is 0 Å². The zero-order valence-electron chi connectivity index (χ0n) is 15.4. The number of nitrogens with two attached hydrogens (primary N) is 1. The van der Waals surface area contributed by atoms with Crippen molar-refractivity contribution in [3.05, 3.63) is 41.6 Å². The van der Waals surface area contributed by atoms with Gasteiger partial charge in [0, 0.05) is 24.1 Å². The number of rotatable bonds is 5. The first kappa shape index (κ1) is 18.0. The fourth-order valence-corrected chi connectivity index (χ4v) is 3.27. The van der Waals surface area contributed by atoms with Crippen molar-refractivity contribution >= 4 is 11.7 Å². The summed E-state index contributed by atoms with van der Waals surface area (Å²) in [5.41, 5.74) is 7.72. The lowest BCUT2D eigenvalue weighted by atomic mass is 9.78. The molecule has 1 aromatic carbocycles. The van der Waals surface area contributed by atoms with Gasteiger partial charge in [0.1, 0.15) is 17.5 Å². The molecule has 2 N–H and O–H groups in total. The van der Waals surface area contributed by atoms with E-state index in [0.29, 0.717) is 16.8 Å². The summed E-state index contributed by atoms with van der Waals surface area (Å²) in [6.45, 7) is 4.79. The number of carbonyl (C=O) groups is 1. The molecule has 2 heterocycles. The molecule has 136 valence electrons. The third-order valence-electron chi connectivity index (χ3n) is 4.86. The second-order valence-electron chi connectivity index (χ2n) is 7.54. The van der Waals surface area contributed by atoms with Gasteiger partial charge in [-0.2, -0.15) is 10.4 Å².